The molecule has 2 unspecified atom stereocenters. The zero-order valence-electron chi connectivity index (χ0n) is 16.4. The molecule has 2 rings (SSSR count). The maximum absolute atomic E-state index is 12.6. The lowest BCUT2D eigenvalue weighted by Crippen LogP contribution is -2.46. The average Bonchev–Trinajstić information content (AvgIpc) is 2.46. The average molecular weight is 322 g/mol. The molecule has 2 nitrogen and oxygen atoms in total. The molecule has 3 atom stereocenters. The van der Waals surface area contributed by atoms with Crippen LogP contribution in [0.3, 0.4) is 0 Å². The van der Waals surface area contributed by atoms with Crippen LogP contribution in [-0.4, -0.2) is 11.9 Å². The summed E-state index contributed by atoms with van der Waals surface area (Å²) < 4.78 is 0. The highest BCUT2D eigenvalue weighted by molar-refractivity contribution is 5.76. The van der Waals surface area contributed by atoms with E-state index < -0.39 is 0 Å². The fourth-order valence-corrected chi connectivity index (χ4v) is 5.70. The minimum absolute atomic E-state index is 0.301. The van der Waals surface area contributed by atoms with Crippen LogP contribution in [0.4, 0.5) is 0 Å². The van der Waals surface area contributed by atoms with Crippen molar-refractivity contribution in [3.63, 3.8) is 0 Å². The van der Waals surface area contributed by atoms with E-state index in [1.165, 1.54) is 32.1 Å². The smallest absolute Gasteiger partial charge is 0.220 e. The minimum Gasteiger partial charge on any atom is -0.353 e. The van der Waals surface area contributed by atoms with Gasteiger partial charge in [0.15, 0.2) is 0 Å². The molecule has 23 heavy (non-hydrogen) atoms. The van der Waals surface area contributed by atoms with Gasteiger partial charge in [-0.1, -0.05) is 54.4 Å². The quantitative estimate of drug-likeness (QED) is 0.677. The molecule has 0 spiro atoms. The Morgan fingerprint density at radius 3 is 1.91 bits per heavy atom. The van der Waals surface area contributed by atoms with Gasteiger partial charge in [0.05, 0.1) is 0 Å². The molecule has 0 heterocycles. The Morgan fingerprint density at radius 1 is 0.957 bits per heavy atom. The predicted molar refractivity (Wildman–Crippen MR) is 98.2 cm³/mol. The monoisotopic (exact) mass is 321 g/mol. The van der Waals surface area contributed by atoms with E-state index in [-0.39, 0.29) is 0 Å². The van der Waals surface area contributed by atoms with Gasteiger partial charge in [-0.3, -0.25) is 4.79 Å². The first-order valence-corrected chi connectivity index (χ1v) is 9.84. The van der Waals surface area contributed by atoms with E-state index in [1.54, 1.807) is 0 Å². The van der Waals surface area contributed by atoms with E-state index in [4.69, 9.17) is 0 Å². The van der Waals surface area contributed by atoms with Gasteiger partial charge in [0, 0.05) is 12.5 Å². The third-order valence-electron chi connectivity index (χ3n) is 6.02. The van der Waals surface area contributed by atoms with Gasteiger partial charge in [-0.15, -0.1) is 0 Å². The van der Waals surface area contributed by atoms with Crippen LogP contribution in [0, 0.1) is 28.6 Å². The number of amides is 1. The molecule has 2 fully saturated rings. The molecule has 0 aromatic heterocycles. The van der Waals surface area contributed by atoms with Crippen molar-refractivity contribution < 1.29 is 4.79 Å². The highest BCUT2D eigenvalue weighted by atomic mass is 16.1. The summed E-state index contributed by atoms with van der Waals surface area (Å²) in [5, 5.41) is 3.39. The van der Waals surface area contributed by atoms with Crippen molar-refractivity contribution in [2.24, 2.45) is 28.6 Å². The Hall–Kier alpha value is -0.530. The number of carbonyl (C=O) groups excluding carboxylic acids is 1. The Bertz CT molecular complexity index is 384. The molecule has 0 bridgehead atoms. The van der Waals surface area contributed by atoms with Gasteiger partial charge in [-0.2, -0.15) is 0 Å². The van der Waals surface area contributed by atoms with Crippen molar-refractivity contribution in [1.29, 1.82) is 0 Å². The summed E-state index contributed by atoms with van der Waals surface area (Å²) in [6.07, 6.45) is 9.39. The number of hydrogen-bond donors (Lipinski definition) is 1. The Balaban J connectivity index is 1.88. The summed E-state index contributed by atoms with van der Waals surface area (Å²) >= 11 is 0. The molecule has 2 heteroatoms. The summed E-state index contributed by atoms with van der Waals surface area (Å²) in [6, 6.07) is 0.363. The van der Waals surface area contributed by atoms with Gasteiger partial charge in [-0.25, -0.2) is 0 Å². The molecule has 1 amide bonds. The highest BCUT2D eigenvalue weighted by Gasteiger charge is 2.39. The predicted octanol–water partition coefficient (Wildman–Crippen LogP) is 5.56. The lowest BCUT2D eigenvalue weighted by atomic mass is 9.63. The first-order chi connectivity index (χ1) is 10.5. The zero-order valence-corrected chi connectivity index (χ0v) is 16.4. The molecule has 2 saturated carbocycles. The molecule has 2 aliphatic carbocycles. The van der Waals surface area contributed by atoms with Gasteiger partial charge in [0.2, 0.25) is 5.91 Å². The van der Waals surface area contributed by atoms with Crippen molar-refractivity contribution in [1.82, 2.24) is 5.32 Å². The van der Waals surface area contributed by atoms with Crippen molar-refractivity contribution in [3.05, 3.63) is 0 Å². The SMILES string of the molecule is CC1CC[C@H](C)CC(CC(=O)NC2CC(C)(C)CC(C)(C)C2)C1. The summed E-state index contributed by atoms with van der Waals surface area (Å²) in [5.74, 6) is 2.46. The van der Waals surface area contributed by atoms with E-state index in [1.807, 2.05) is 0 Å². The van der Waals surface area contributed by atoms with Gasteiger partial charge >= 0.3 is 0 Å². The third kappa shape index (κ3) is 6.12. The first kappa shape index (κ1) is 18.8. The first-order valence-electron chi connectivity index (χ1n) is 9.84. The Labute approximate surface area is 144 Å². The fraction of sp³-hybridized carbons (Fsp3) is 0.952. The van der Waals surface area contributed by atoms with Gasteiger partial charge in [-0.05, 0) is 60.7 Å². The summed E-state index contributed by atoms with van der Waals surface area (Å²) in [6.45, 7) is 14.1. The third-order valence-corrected chi connectivity index (χ3v) is 6.02. The molecule has 0 aromatic rings. The lowest BCUT2D eigenvalue weighted by Gasteiger charge is -2.45. The van der Waals surface area contributed by atoms with Crippen molar-refractivity contribution in [2.45, 2.75) is 99.0 Å². The van der Waals surface area contributed by atoms with Crippen LogP contribution < -0.4 is 5.32 Å². The molecule has 0 aromatic carbocycles. The van der Waals surface area contributed by atoms with Crippen LogP contribution in [0.1, 0.15) is 92.9 Å². The van der Waals surface area contributed by atoms with Crippen LogP contribution in [0.5, 0.6) is 0 Å². The summed E-state index contributed by atoms with van der Waals surface area (Å²) in [7, 11) is 0. The number of rotatable bonds is 3. The second-order valence-electron chi connectivity index (χ2n) is 10.5. The second-order valence-corrected chi connectivity index (χ2v) is 10.5. The number of carbonyl (C=O) groups is 1. The van der Waals surface area contributed by atoms with Gasteiger partial charge in [0.25, 0.3) is 0 Å². The van der Waals surface area contributed by atoms with Crippen LogP contribution in [0.15, 0.2) is 0 Å². The van der Waals surface area contributed by atoms with Crippen LogP contribution >= 0.6 is 0 Å². The summed E-state index contributed by atoms with van der Waals surface area (Å²) in [5.41, 5.74) is 0.677. The Morgan fingerprint density at radius 2 is 1.43 bits per heavy atom. The molecule has 1 N–H and O–H groups in total. The largest absolute Gasteiger partial charge is 0.353 e. The number of nitrogens with one attached hydrogen (secondary N) is 1. The minimum atomic E-state index is 0.301. The van der Waals surface area contributed by atoms with E-state index >= 15 is 0 Å². The van der Waals surface area contributed by atoms with Crippen LogP contribution in [-0.2, 0) is 4.79 Å². The molecule has 2 aliphatic rings. The van der Waals surface area contributed by atoms with E-state index in [9.17, 15) is 4.79 Å². The molecule has 0 saturated heterocycles. The van der Waals surface area contributed by atoms with E-state index in [0.717, 1.165) is 31.1 Å². The molecule has 134 valence electrons. The topological polar surface area (TPSA) is 29.1 Å². The second kappa shape index (κ2) is 7.15. The van der Waals surface area contributed by atoms with E-state index in [2.05, 4.69) is 46.9 Å². The maximum Gasteiger partial charge on any atom is 0.220 e. The van der Waals surface area contributed by atoms with Crippen molar-refractivity contribution >= 4 is 5.91 Å². The normalized spacial score (nSPS) is 34.6. The van der Waals surface area contributed by atoms with Gasteiger partial charge < -0.3 is 5.32 Å². The lowest BCUT2D eigenvalue weighted by molar-refractivity contribution is -0.123. The molecule has 0 radical (unpaired) electrons. The standard InChI is InChI=1S/C21H39NO/c1-15-7-8-16(2)10-17(9-15)11-19(23)22-18-12-20(3,4)14-21(5,6)13-18/h15-18H,7-14H2,1-6H3,(H,22,23)/t15-,16?,17?/m0/s1. The molecular formula is C21H39NO. The zero-order chi connectivity index (χ0) is 17.3. The van der Waals surface area contributed by atoms with Crippen molar-refractivity contribution in [3.8, 4) is 0 Å². The van der Waals surface area contributed by atoms with Crippen molar-refractivity contribution in [2.75, 3.05) is 0 Å². The summed E-state index contributed by atoms with van der Waals surface area (Å²) in [4.78, 5) is 12.6. The van der Waals surface area contributed by atoms with Crippen LogP contribution in [0.25, 0.3) is 0 Å². The highest BCUT2D eigenvalue weighted by Crippen LogP contribution is 2.45. The number of hydrogen-bond acceptors (Lipinski definition) is 1. The Kier molecular flexibility index (Phi) is 5.85. The molecular weight excluding hydrogens is 282 g/mol. The van der Waals surface area contributed by atoms with Gasteiger partial charge in [0.1, 0.15) is 0 Å². The molecule has 0 aliphatic heterocycles. The fourth-order valence-electron chi connectivity index (χ4n) is 5.70. The maximum atomic E-state index is 12.6. The van der Waals surface area contributed by atoms with E-state index in [0.29, 0.717) is 28.7 Å². The van der Waals surface area contributed by atoms with Crippen LogP contribution in [0.2, 0.25) is 0 Å².